The number of hydrogen-bond donors (Lipinski definition) is 1. The summed E-state index contributed by atoms with van der Waals surface area (Å²) in [6.07, 6.45) is 2.06. The fraction of sp³-hybridized carbons (Fsp3) is 0.300. The zero-order valence-corrected chi connectivity index (χ0v) is 9.13. The Kier molecular flexibility index (Phi) is 2.72. The van der Waals surface area contributed by atoms with Gasteiger partial charge in [-0.2, -0.15) is 0 Å². The number of anilines is 1. The molecule has 0 saturated heterocycles. The van der Waals surface area contributed by atoms with Crippen LogP contribution in [0.2, 0.25) is 0 Å². The van der Waals surface area contributed by atoms with Crippen LogP contribution in [0.15, 0.2) is 18.2 Å². The van der Waals surface area contributed by atoms with Gasteiger partial charge in [0.25, 0.3) is 4.82 Å². The van der Waals surface area contributed by atoms with Crippen LogP contribution in [-0.4, -0.2) is 11.4 Å². The highest BCUT2D eigenvalue weighted by atomic mass is 79.9. The van der Waals surface area contributed by atoms with E-state index < -0.39 is 0 Å². The van der Waals surface area contributed by atoms with Gasteiger partial charge < -0.3 is 10.1 Å². The lowest BCUT2D eigenvalue weighted by molar-refractivity contribution is 0.270. The van der Waals surface area contributed by atoms with Gasteiger partial charge in [0, 0.05) is 21.6 Å². The van der Waals surface area contributed by atoms with Gasteiger partial charge in [-0.1, -0.05) is 0 Å². The minimum Gasteiger partial charge on any atom is -0.493 e. The van der Waals surface area contributed by atoms with E-state index in [-0.39, 0.29) is 4.82 Å². The van der Waals surface area contributed by atoms with Crippen molar-refractivity contribution in [2.45, 2.75) is 12.8 Å². The molecule has 0 bridgehead atoms. The van der Waals surface area contributed by atoms with E-state index in [0.29, 0.717) is 0 Å². The Morgan fingerprint density at radius 2 is 2.36 bits per heavy atom. The molecule has 1 N–H and O–H groups in total. The second-order valence-electron chi connectivity index (χ2n) is 3.17. The van der Waals surface area contributed by atoms with E-state index in [0.717, 1.165) is 36.4 Å². The molecule has 0 saturated carbocycles. The highest BCUT2D eigenvalue weighted by Gasteiger charge is 2.10. The molecular formula is C10H10BrNO2. The van der Waals surface area contributed by atoms with Gasteiger partial charge in [0.1, 0.15) is 5.75 Å². The van der Waals surface area contributed by atoms with E-state index >= 15 is 0 Å². The summed E-state index contributed by atoms with van der Waals surface area (Å²) >= 11 is 2.83. The van der Waals surface area contributed by atoms with E-state index in [1.807, 2.05) is 18.2 Å². The van der Waals surface area contributed by atoms with Crippen molar-refractivity contribution in [1.29, 1.82) is 0 Å². The van der Waals surface area contributed by atoms with Crippen molar-refractivity contribution in [2.24, 2.45) is 0 Å². The maximum atomic E-state index is 10.8. The van der Waals surface area contributed by atoms with Gasteiger partial charge in [-0.05, 0) is 36.6 Å². The molecule has 1 aromatic carbocycles. The zero-order chi connectivity index (χ0) is 9.97. The summed E-state index contributed by atoms with van der Waals surface area (Å²) in [5.41, 5.74) is 1.96. The standard InChI is InChI=1S/C10H10BrNO2/c11-10(13)12-8-3-4-9-7(6-8)2-1-5-14-9/h3-4,6H,1-2,5H2,(H,12,13). The van der Waals surface area contributed by atoms with Crippen LogP contribution in [0.3, 0.4) is 0 Å². The molecule has 1 aliphatic heterocycles. The Bertz CT molecular complexity index is 365. The van der Waals surface area contributed by atoms with Crippen LogP contribution in [0, 0.1) is 0 Å². The summed E-state index contributed by atoms with van der Waals surface area (Å²) in [6.45, 7) is 0.789. The van der Waals surface area contributed by atoms with Crippen LogP contribution in [0.25, 0.3) is 0 Å². The Balaban J connectivity index is 2.24. The molecule has 2 rings (SSSR count). The molecular weight excluding hydrogens is 246 g/mol. The Labute approximate surface area is 90.6 Å². The second kappa shape index (κ2) is 4.00. The normalized spacial score (nSPS) is 14.1. The van der Waals surface area contributed by atoms with E-state index in [2.05, 4.69) is 21.2 Å². The van der Waals surface area contributed by atoms with E-state index in [9.17, 15) is 4.79 Å². The van der Waals surface area contributed by atoms with Gasteiger partial charge in [0.15, 0.2) is 0 Å². The molecule has 3 nitrogen and oxygen atoms in total. The number of carbonyl (C=O) groups is 1. The molecule has 0 aliphatic carbocycles. The number of aryl methyl sites for hydroxylation is 1. The highest BCUT2D eigenvalue weighted by molar-refractivity contribution is 9.18. The van der Waals surface area contributed by atoms with E-state index in [4.69, 9.17) is 4.74 Å². The fourth-order valence-electron chi connectivity index (χ4n) is 1.55. The van der Waals surface area contributed by atoms with Crippen molar-refractivity contribution in [3.05, 3.63) is 23.8 Å². The summed E-state index contributed by atoms with van der Waals surface area (Å²) in [4.78, 5) is 10.5. The lowest BCUT2D eigenvalue weighted by Crippen LogP contribution is -2.09. The van der Waals surface area contributed by atoms with Crippen LogP contribution in [0.5, 0.6) is 5.75 Å². The molecule has 1 aliphatic rings. The van der Waals surface area contributed by atoms with Crippen LogP contribution in [0.1, 0.15) is 12.0 Å². The molecule has 0 atom stereocenters. The molecule has 0 fully saturated rings. The van der Waals surface area contributed by atoms with Crippen molar-refractivity contribution < 1.29 is 9.53 Å². The third kappa shape index (κ3) is 2.07. The van der Waals surface area contributed by atoms with Crippen molar-refractivity contribution >= 4 is 26.4 Å². The molecule has 0 aromatic heterocycles. The van der Waals surface area contributed by atoms with Crippen molar-refractivity contribution in [3.63, 3.8) is 0 Å². The molecule has 1 amide bonds. The smallest absolute Gasteiger partial charge is 0.291 e. The van der Waals surface area contributed by atoms with Gasteiger partial charge >= 0.3 is 0 Å². The first kappa shape index (κ1) is 9.52. The van der Waals surface area contributed by atoms with Gasteiger partial charge in [-0.15, -0.1) is 0 Å². The Morgan fingerprint density at radius 3 is 3.14 bits per heavy atom. The average molecular weight is 256 g/mol. The average Bonchev–Trinajstić information content (AvgIpc) is 2.17. The molecule has 4 heteroatoms. The summed E-state index contributed by atoms with van der Waals surface area (Å²) in [6, 6.07) is 5.68. The first-order valence-electron chi connectivity index (χ1n) is 4.48. The minimum absolute atomic E-state index is 0.228. The summed E-state index contributed by atoms with van der Waals surface area (Å²) < 4.78 is 5.46. The summed E-state index contributed by atoms with van der Waals surface area (Å²) in [5, 5.41) is 2.68. The first-order chi connectivity index (χ1) is 6.75. The molecule has 0 spiro atoms. The monoisotopic (exact) mass is 255 g/mol. The highest BCUT2D eigenvalue weighted by Crippen LogP contribution is 2.27. The third-order valence-electron chi connectivity index (χ3n) is 2.15. The third-order valence-corrected chi connectivity index (χ3v) is 2.35. The molecule has 0 unspecified atom stereocenters. The number of carbonyl (C=O) groups excluding carboxylic acids is 1. The molecule has 14 heavy (non-hydrogen) atoms. The Morgan fingerprint density at radius 1 is 1.50 bits per heavy atom. The summed E-state index contributed by atoms with van der Waals surface area (Å²) in [5.74, 6) is 0.934. The quantitative estimate of drug-likeness (QED) is 0.619. The van der Waals surface area contributed by atoms with E-state index in [1.54, 1.807) is 0 Å². The Hall–Kier alpha value is -1.03. The van der Waals surface area contributed by atoms with Crippen LogP contribution in [0.4, 0.5) is 10.5 Å². The van der Waals surface area contributed by atoms with Gasteiger partial charge in [-0.25, -0.2) is 0 Å². The van der Waals surface area contributed by atoms with Crippen molar-refractivity contribution in [2.75, 3.05) is 11.9 Å². The number of hydrogen-bond acceptors (Lipinski definition) is 2. The van der Waals surface area contributed by atoms with Crippen LogP contribution < -0.4 is 10.1 Å². The SMILES string of the molecule is O=C(Br)Nc1ccc2c(c1)CCCO2. The predicted molar refractivity (Wildman–Crippen MR) is 58.2 cm³/mol. The molecule has 1 heterocycles. The number of halogens is 1. The molecule has 74 valence electrons. The second-order valence-corrected chi connectivity index (χ2v) is 3.89. The maximum absolute atomic E-state index is 10.8. The van der Waals surface area contributed by atoms with Crippen molar-refractivity contribution in [1.82, 2.24) is 0 Å². The van der Waals surface area contributed by atoms with Crippen LogP contribution >= 0.6 is 15.9 Å². The lowest BCUT2D eigenvalue weighted by Gasteiger charge is -2.17. The zero-order valence-electron chi connectivity index (χ0n) is 7.55. The van der Waals surface area contributed by atoms with Gasteiger partial charge in [0.2, 0.25) is 0 Å². The topological polar surface area (TPSA) is 38.3 Å². The number of amides is 1. The maximum Gasteiger partial charge on any atom is 0.291 e. The number of rotatable bonds is 1. The molecule has 0 radical (unpaired) electrons. The van der Waals surface area contributed by atoms with E-state index in [1.165, 1.54) is 0 Å². The number of benzene rings is 1. The number of ether oxygens (including phenoxy) is 1. The summed E-state index contributed by atoms with van der Waals surface area (Å²) in [7, 11) is 0. The lowest BCUT2D eigenvalue weighted by atomic mass is 10.1. The van der Waals surface area contributed by atoms with Gasteiger partial charge in [0.05, 0.1) is 6.61 Å². The predicted octanol–water partition coefficient (Wildman–Crippen LogP) is 2.94. The van der Waals surface area contributed by atoms with Crippen molar-refractivity contribution in [3.8, 4) is 5.75 Å². The van der Waals surface area contributed by atoms with Gasteiger partial charge in [-0.3, -0.25) is 4.79 Å². The molecule has 1 aromatic rings. The first-order valence-corrected chi connectivity index (χ1v) is 5.27. The largest absolute Gasteiger partial charge is 0.493 e. The number of nitrogens with one attached hydrogen (secondary N) is 1. The number of fused-ring (bicyclic) bond motifs is 1. The fourth-order valence-corrected chi connectivity index (χ4v) is 1.78. The van der Waals surface area contributed by atoms with Crippen LogP contribution in [-0.2, 0) is 6.42 Å². The minimum atomic E-state index is -0.228.